The Kier molecular flexibility index (Phi) is 3.61. The van der Waals surface area contributed by atoms with E-state index in [1.807, 2.05) is 13.1 Å². The third-order valence-corrected chi connectivity index (χ3v) is 4.00. The van der Waals surface area contributed by atoms with Gasteiger partial charge in [0.05, 0.1) is 11.2 Å². The van der Waals surface area contributed by atoms with Crippen molar-refractivity contribution in [2.45, 2.75) is 20.3 Å². The van der Waals surface area contributed by atoms with E-state index in [0.29, 0.717) is 0 Å². The van der Waals surface area contributed by atoms with Crippen LogP contribution in [0.4, 0.5) is 5.69 Å². The summed E-state index contributed by atoms with van der Waals surface area (Å²) in [5.74, 6) is 0. The van der Waals surface area contributed by atoms with Gasteiger partial charge in [0.25, 0.3) is 0 Å². The number of nitrogens with one attached hydrogen (secondary N) is 1. The lowest BCUT2D eigenvalue weighted by Gasteiger charge is -2.15. The molecule has 3 rings (SSSR count). The molecule has 0 spiro atoms. The number of pyridine rings is 1. The van der Waals surface area contributed by atoms with Crippen molar-refractivity contribution in [2.75, 3.05) is 12.4 Å². The Morgan fingerprint density at radius 2 is 1.81 bits per heavy atom. The maximum absolute atomic E-state index is 4.89. The molecule has 0 aliphatic carbocycles. The van der Waals surface area contributed by atoms with Crippen LogP contribution >= 0.6 is 0 Å². The summed E-state index contributed by atoms with van der Waals surface area (Å²) in [6, 6.07) is 16.9. The van der Waals surface area contributed by atoms with E-state index in [9.17, 15) is 0 Å². The molecule has 1 aromatic heterocycles. The van der Waals surface area contributed by atoms with Crippen LogP contribution in [-0.4, -0.2) is 12.0 Å². The monoisotopic (exact) mass is 276 g/mol. The number of rotatable bonds is 3. The fourth-order valence-electron chi connectivity index (χ4n) is 2.82. The molecule has 0 fully saturated rings. The van der Waals surface area contributed by atoms with Crippen molar-refractivity contribution in [3.63, 3.8) is 0 Å². The van der Waals surface area contributed by atoms with Gasteiger partial charge in [0, 0.05) is 23.7 Å². The normalized spacial score (nSPS) is 10.8. The Morgan fingerprint density at radius 3 is 2.48 bits per heavy atom. The second-order valence-electron chi connectivity index (χ2n) is 5.28. The molecule has 0 amide bonds. The predicted molar refractivity (Wildman–Crippen MR) is 90.8 cm³/mol. The van der Waals surface area contributed by atoms with Crippen LogP contribution in [0, 0.1) is 6.92 Å². The Morgan fingerprint density at radius 1 is 1.05 bits per heavy atom. The zero-order valence-electron chi connectivity index (χ0n) is 12.8. The highest BCUT2D eigenvalue weighted by atomic mass is 14.8. The topological polar surface area (TPSA) is 24.9 Å². The molecule has 0 atom stereocenters. The van der Waals surface area contributed by atoms with Crippen molar-refractivity contribution in [3.8, 4) is 11.3 Å². The Labute approximate surface area is 125 Å². The lowest BCUT2D eigenvalue weighted by molar-refractivity contribution is 1.14. The zero-order chi connectivity index (χ0) is 14.8. The van der Waals surface area contributed by atoms with Gasteiger partial charge >= 0.3 is 0 Å². The van der Waals surface area contributed by atoms with E-state index in [4.69, 9.17) is 4.98 Å². The van der Waals surface area contributed by atoms with E-state index in [-0.39, 0.29) is 0 Å². The third kappa shape index (κ3) is 2.38. The van der Waals surface area contributed by atoms with Crippen LogP contribution < -0.4 is 5.32 Å². The molecular weight excluding hydrogens is 256 g/mol. The van der Waals surface area contributed by atoms with Gasteiger partial charge in [0.15, 0.2) is 0 Å². The molecule has 21 heavy (non-hydrogen) atoms. The van der Waals surface area contributed by atoms with Gasteiger partial charge in [-0.25, -0.2) is 4.98 Å². The third-order valence-electron chi connectivity index (χ3n) is 4.00. The van der Waals surface area contributed by atoms with Crippen molar-refractivity contribution < 1.29 is 0 Å². The summed E-state index contributed by atoms with van der Waals surface area (Å²) in [5.41, 5.74) is 6.97. The molecule has 0 bridgehead atoms. The molecule has 0 unspecified atom stereocenters. The standard InChI is InChI=1S/C19H20N2/c1-4-14-10-11-17-16(12-14)19(20-3)13(2)18(21-17)15-8-6-5-7-9-15/h5-12H,4H2,1-3H3,(H,20,21). The minimum atomic E-state index is 1.04. The van der Waals surface area contributed by atoms with E-state index in [2.05, 4.69) is 61.6 Å². The Balaban J connectivity index is 2.31. The summed E-state index contributed by atoms with van der Waals surface area (Å²) in [7, 11) is 1.98. The minimum Gasteiger partial charge on any atom is -0.387 e. The molecule has 2 nitrogen and oxygen atoms in total. The van der Waals surface area contributed by atoms with Crippen molar-refractivity contribution in [1.82, 2.24) is 4.98 Å². The van der Waals surface area contributed by atoms with Crippen molar-refractivity contribution >= 4 is 16.6 Å². The number of hydrogen-bond acceptors (Lipinski definition) is 2. The van der Waals surface area contributed by atoms with Gasteiger partial charge in [-0.3, -0.25) is 0 Å². The average molecular weight is 276 g/mol. The summed E-state index contributed by atoms with van der Waals surface area (Å²) in [6.45, 7) is 4.32. The van der Waals surface area contributed by atoms with Crippen molar-refractivity contribution in [2.24, 2.45) is 0 Å². The molecule has 0 radical (unpaired) electrons. The first-order valence-electron chi connectivity index (χ1n) is 7.41. The first kappa shape index (κ1) is 13.6. The van der Waals surface area contributed by atoms with Crippen LogP contribution in [0.25, 0.3) is 22.2 Å². The minimum absolute atomic E-state index is 1.04. The van der Waals surface area contributed by atoms with E-state index in [1.165, 1.54) is 22.2 Å². The van der Waals surface area contributed by atoms with Gasteiger partial charge in [-0.15, -0.1) is 0 Å². The lowest BCUT2D eigenvalue weighted by Crippen LogP contribution is -1.99. The highest BCUT2D eigenvalue weighted by Crippen LogP contribution is 2.33. The molecule has 2 aromatic carbocycles. The largest absolute Gasteiger partial charge is 0.387 e. The summed E-state index contributed by atoms with van der Waals surface area (Å²) < 4.78 is 0. The second kappa shape index (κ2) is 5.57. The summed E-state index contributed by atoms with van der Waals surface area (Å²) >= 11 is 0. The smallest absolute Gasteiger partial charge is 0.0759 e. The molecule has 0 saturated carbocycles. The van der Waals surface area contributed by atoms with Gasteiger partial charge in [0.1, 0.15) is 0 Å². The SMILES string of the molecule is CCc1ccc2nc(-c3ccccc3)c(C)c(NC)c2c1. The van der Waals surface area contributed by atoms with Crippen LogP contribution in [0.15, 0.2) is 48.5 Å². The van der Waals surface area contributed by atoms with Gasteiger partial charge in [-0.1, -0.05) is 43.3 Å². The maximum atomic E-state index is 4.89. The lowest BCUT2D eigenvalue weighted by atomic mass is 10.00. The molecule has 0 aliphatic heterocycles. The average Bonchev–Trinajstić information content (AvgIpc) is 2.54. The first-order valence-corrected chi connectivity index (χ1v) is 7.41. The van der Waals surface area contributed by atoms with Crippen LogP contribution in [0.2, 0.25) is 0 Å². The van der Waals surface area contributed by atoms with Crippen LogP contribution in [0.1, 0.15) is 18.1 Å². The molecule has 2 heteroatoms. The van der Waals surface area contributed by atoms with Crippen molar-refractivity contribution in [3.05, 3.63) is 59.7 Å². The molecule has 106 valence electrons. The molecule has 0 saturated heterocycles. The van der Waals surface area contributed by atoms with Crippen molar-refractivity contribution in [1.29, 1.82) is 0 Å². The molecular formula is C19H20N2. The Bertz CT molecular complexity index is 776. The van der Waals surface area contributed by atoms with Crippen LogP contribution in [-0.2, 0) is 6.42 Å². The van der Waals surface area contributed by atoms with Gasteiger partial charge in [-0.05, 0) is 36.6 Å². The van der Waals surface area contributed by atoms with E-state index in [1.54, 1.807) is 0 Å². The first-order chi connectivity index (χ1) is 10.2. The fraction of sp³-hybridized carbons (Fsp3) is 0.211. The number of aromatic nitrogens is 1. The van der Waals surface area contributed by atoms with Crippen LogP contribution in [0.5, 0.6) is 0 Å². The maximum Gasteiger partial charge on any atom is 0.0759 e. The van der Waals surface area contributed by atoms with Crippen LogP contribution in [0.3, 0.4) is 0 Å². The molecule has 3 aromatic rings. The van der Waals surface area contributed by atoms with E-state index in [0.717, 1.165) is 23.2 Å². The van der Waals surface area contributed by atoms with Gasteiger partial charge in [-0.2, -0.15) is 0 Å². The Hall–Kier alpha value is -2.35. The number of benzene rings is 2. The van der Waals surface area contributed by atoms with Gasteiger partial charge < -0.3 is 5.32 Å². The number of aryl methyl sites for hydroxylation is 1. The predicted octanol–water partition coefficient (Wildman–Crippen LogP) is 4.81. The fourth-order valence-corrected chi connectivity index (χ4v) is 2.82. The quantitative estimate of drug-likeness (QED) is 0.742. The summed E-state index contributed by atoms with van der Waals surface area (Å²) in [6.07, 6.45) is 1.04. The summed E-state index contributed by atoms with van der Waals surface area (Å²) in [4.78, 5) is 4.89. The van der Waals surface area contributed by atoms with Gasteiger partial charge in [0.2, 0.25) is 0 Å². The zero-order valence-corrected chi connectivity index (χ0v) is 12.8. The second-order valence-corrected chi connectivity index (χ2v) is 5.28. The highest BCUT2D eigenvalue weighted by Gasteiger charge is 2.12. The number of hydrogen-bond donors (Lipinski definition) is 1. The molecule has 1 heterocycles. The summed E-state index contributed by atoms with van der Waals surface area (Å²) in [5, 5.41) is 4.56. The van der Waals surface area contributed by atoms with E-state index >= 15 is 0 Å². The van der Waals surface area contributed by atoms with E-state index < -0.39 is 0 Å². The molecule has 1 N–H and O–H groups in total. The number of nitrogens with zero attached hydrogens (tertiary/aromatic N) is 1. The number of fused-ring (bicyclic) bond motifs is 1. The highest BCUT2D eigenvalue weighted by molar-refractivity contribution is 5.96. The molecule has 0 aliphatic rings. The number of anilines is 1.